The number of nitrogens with one attached hydrogen (secondary N) is 1. The van der Waals surface area contributed by atoms with Crippen LogP contribution in [0.1, 0.15) is 58.4 Å². The van der Waals surface area contributed by atoms with Crippen molar-refractivity contribution in [1.29, 1.82) is 0 Å². The van der Waals surface area contributed by atoms with E-state index in [-0.39, 0.29) is 36.1 Å². The van der Waals surface area contributed by atoms with Crippen LogP contribution in [0.25, 0.3) is 0 Å². The smallest absolute Gasteiger partial charge is 0.261 e. The van der Waals surface area contributed by atoms with Crippen LogP contribution in [-0.2, 0) is 10.2 Å². The fourth-order valence-electron chi connectivity index (χ4n) is 4.42. The zero-order valence-corrected chi connectivity index (χ0v) is 15.8. The highest BCUT2D eigenvalue weighted by atomic mass is 16.2. The maximum Gasteiger partial charge on any atom is 0.261 e. The number of hydrogen-bond acceptors (Lipinski definition) is 3. The normalized spacial score (nSPS) is 17.6. The van der Waals surface area contributed by atoms with Crippen molar-refractivity contribution in [3.8, 4) is 0 Å². The zero-order valence-electron chi connectivity index (χ0n) is 15.8. The molecule has 144 valence electrons. The molecule has 1 aliphatic carbocycles. The monoisotopic (exact) mass is 376 g/mol. The van der Waals surface area contributed by atoms with Gasteiger partial charge in [-0.05, 0) is 30.5 Å². The minimum atomic E-state index is -0.315. The third kappa shape index (κ3) is 3.33. The maximum absolute atomic E-state index is 12.5. The van der Waals surface area contributed by atoms with Crippen molar-refractivity contribution in [2.24, 2.45) is 0 Å². The van der Waals surface area contributed by atoms with Crippen molar-refractivity contribution in [2.45, 2.75) is 37.5 Å². The molecule has 0 aromatic heterocycles. The molecule has 1 fully saturated rings. The molecule has 0 spiro atoms. The summed E-state index contributed by atoms with van der Waals surface area (Å²) in [7, 11) is 0. The van der Waals surface area contributed by atoms with E-state index in [4.69, 9.17) is 0 Å². The Balaban J connectivity index is 1.35. The van der Waals surface area contributed by atoms with Crippen LogP contribution < -0.4 is 5.32 Å². The van der Waals surface area contributed by atoms with Gasteiger partial charge in [-0.2, -0.15) is 0 Å². The summed E-state index contributed by atoms with van der Waals surface area (Å²) in [4.78, 5) is 38.4. The lowest BCUT2D eigenvalue weighted by Crippen LogP contribution is -2.40. The Morgan fingerprint density at radius 1 is 0.893 bits per heavy atom. The van der Waals surface area contributed by atoms with Crippen LogP contribution in [0.5, 0.6) is 0 Å². The van der Waals surface area contributed by atoms with Crippen molar-refractivity contribution < 1.29 is 14.4 Å². The van der Waals surface area contributed by atoms with Gasteiger partial charge >= 0.3 is 0 Å². The molecule has 2 aromatic rings. The Labute approximate surface area is 164 Å². The molecular formula is C23H24N2O3. The van der Waals surface area contributed by atoms with Crippen LogP contribution in [-0.4, -0.2) is 35.7 Å². The lowest BCUT2D eigenvalue weighted by atomic mass is 9.79. The summed E-state index contributed by atoms with van der Waals surface area (Å²) < 4.78 is 0. The zero-order chi connectivity index (χ0) is 19.6. The molecule has 1 heterocycles. The lowest BCUT2D eigenvalue weighted by molar-refractivity contribution is -0.121. The summed E-state index contributed by atoms with van der Waals surface area (Å²) in [6, 6.07) is 17.1. The average molecular weight is 376 g/mol. The van der Waals surface area contributed by atoms with Gasteiger partial charge in [0.2, 0.25) is 5.91 Å². The predicted molar refractivity (Wildman–Crippen MR) is 106 cm³/mol. The molecule has 0 radical (unpaired) electrons. The summed E-state index contributed by atoms with van der Waals surface area (Å²) in [5.41, 5.74) is 2.10. The molecule has 1 aliphatic heterocycles. The summed E-state index contributed by atoms with van der Waals surface area (Å²) in [5.74, 6) is -0.756. The van der Waals surface area contributed by atoms with E-state index in [0.717, 1.165) is 12.8 Å². The highest BCUT2D eigenvalue weighted by Crippen LogP contribution is 2.40. The van der Waals surface area contributed by atoms with Gasteiger partial charge in [0, 0.05) is 24.9 Å². The van der Waals surface area contributed by atoms with Gasteiger partial charge in [-0.3, -0.25) is 19.3 Å². The molecular weight excluding hydrogens is 352 g/mol. The third-order valence-corrected chi connectivity index (χ3v) is 6.01. The molecule has 1 saturated carbocycles. The van der Waals surface area contributed by atoms with Gasteiger partial charge in [0.15, 0.2) is 0 Å². The van der Waals surface area contributed by atoms with Crippen LogP contribution >= 0.6 is 0 Å². The molecule has 2 aromatic carbocycles. The van der Waals surface area contributed by atoms with Gasteiger partial charge in [0.05, 0.1) is 11.1 Å². The standard InChI is InChI=1S/C23H24N2O3/c26-20(12-15-25-21(27)18-10-4-5-11-19(18)22(25)28)24-16-23(13-6-7-14-23)17-8-2-1-3-9-17/h1-5,8-11H,6-7,12-16H2,(H,24,26). The van der Waals surface area contributed by atoms with Gasteiger partial charge < -0.3 is 5.32 Å². The van der Waals surface area contributed by atoms with Crippen LogP contribution in [0.3, 0.4) is 0 Å². The summed E-state index contributed by atoms with van der Waals surface area (Å²) >= 11 is 0. The fraction of sp³-hybridized carbons (Fsp3) is 0.348. The van der Waals surface area contributed by atoms with Gasteiger partial charge in [-0.25, -0.2) is 0 Å². The Morgan fingerprint density at radius 2 is 1.46 bits per heavy atom. The number of imide groups is 1. The SMILES string of the molecule is O=C(CCN1C(=O)c2ccccc2C1=O)NCC1(c2ccccc2)CCCC1. The number of amides is 3. The van der Waals surface area contributed by atoms with Crippen LogP contribution in [0, 0.1) is 0 Å². The Hall–Kier alpha value is -2.95. The minimum Gasteiger partial charge on any atom is -0.355 e. The number of rotatable bonds is 6. The van der Waals surface area contributed by atoms with Crippen molar-refractivity contribution in [3.63, 3.8) is 0 Å². The lowest BCUT2D eigenvalue weighted by Gasteiger charge is -2.30. The molecule has 0 saturated heterocycles. The molecule has 4 rings (SSSR count). The van der Waals surface area contributed by atoms with Gasteiger partial charge in [-0.15, -0.1) is 0 Å². The maximum atomic E-state index is 12.5. The number of hydrogen-bond donors (Lipinski definition) is 1. The molecule has 0 bridgehead atoms. The van der Waals surface area contributed by atoms with E-state index in [2.05, 4.69) is 17.4 Å². The summed E-state index contributed by atoms with van der Waals surface area (Å²) in [6.07, 6.45) is 4.58. The predicted octanol–water partition coefficient (Wildman–Crippen LogP) is 3.30. The first kappa shape index (κ1) is 18.4. The Morgan fingerprint density at radius 3 is 2.07 bits per heavy atom. The number of fused-ring (bicyclic) bond motifs is 1. The first-order chi connectivity index (χ1) is 13.6. The van der Waals surface area contributed by atoms with E-state index in [1.165, 1.54) is 23.3 Å². The second-order valence-corrected chi connectivity index (χ2v) is 7.69. The molecule has 0 unspecified atom stereocenters. The first-order valence-electron chi connectivity index (χ1n) is 9.88. The largest absolute Gasteiger partial charge is 0.355 e. The van der Waals surface area contributed by atoms with Crippen LogP contribution in [0.4, 0.5) is 0 Å². The number of benzene rings is 2. The number of carbonyl (C=O) groups excluding carboxylic acids is 3. The highest BCUT2D eigenvalue weighted by Gasteiger charge is 2.37. The minimum absolute atomic E-state index is 0.00750. The van der Waals surface area contributed by atoms with Crippen molar-refractivity contribution >= 4 is 17.7 Å². The topological polar surface area (TPSA) is 66.5 Å². The van der Waals surface area contributed by atoms with Crippen LogP contribution in [0.2, 0.25) is 0 Å². The summed E-state index contributed by atoms with van der Waals surface area (Å²) in [6.45, 7) is 0.703. The molecule has 1 N–H and O–H groups in total. The second-order valence-electron chi connectivity index (χ2n) is 7.69. The van der Waals surface area contributed by atoms with E-state index in [9.17, 15) is 14.4 Å². The molecule has 3 amide bonds. The van der Waals surface area contributed by atoms with Gasteiger partial charge in [0.25, 0.3) is 11.8 Å². The molecule has 5 heteroatoms. The van der Waals surface area contributed by atoms with Crippen molar-refractivity contribution in [3.05, 3.63) is 71.3 Å². The Kier molecular flexibility index (Phi) is 4.99. The number of nitrogens with zero attached hydrogens (tertiary/aromatic N) is 1. The van der Waals surface area contributed by atoms with Crippen molar-refractivity contribution in [2.75, 3.05) is 13.1 Å². The van der Waals surface area contributed by atoms with E-state index >= 15 is 0 Å². The molecule has 2 aliphatic rings. The van der Waals surface area contributed by atoms with Gasteiger partial charge in [0.1, 0.15) is 0 Å². The van der Waals surface area contributed by atoms with E-state index < -0.39 is 0 Å². The molecule has 0 atom stereocenters. The van der Waals surface area contributed by atoms with Crippen molar-refractivity contribution in [1.82, 2.24) is 10.2 Å². The van der Waals surface area contributed by atoms with Gasteiger partial charge in [-0.1, -0.05) is 55.3 Å². The molecule has 5 nitrogen and oxygen atoms in total. The van der Waals surface area contributed by atoms with Crippen LogP contribution in [0.15, 0.2) is 54.6 Å². The molecule has 28 heavy (non-hydrogen) atoms. The Bertz CT molecular complexity index is 866. The quantitative estimate of drug-likeness (QED) is 0.787. The fourth-order valence-corrected chi connectivity index (χ4v) is 4.42. The first-order valence-corrected chi connectivity index (χ1v) is 9.88. The highest BCUT2D eigenvalue weighted by molar-refractivity contribution is 6.21. The average Bonchev–Trinajstić information content (AvgIpc) is 3.31. The second kappa shape index (κ2) is 7.58. The summed E-state index contributed by atoms with van der Waals surface area (Å²) in [5, 5.41) is 3.05. The number of carbonyl (C=O) groups is 3. The van der Waals surface area contributed by atoms with E-state index in [1.807, 2.05) is 18.2 Å². The van der Waals surface area contributed by atoms with E-state index in [0.29, 0.717) is 17.7 Å². The van der Waals surface area contributed by atoms with E-state index in [1.54, 1.807) is 24.3 Å². The third-order valence-electron chi connectivity index (χ3n) is 6.01.